The van der Waals surface area contributed by atoms with Crippen LogP contribution in [0.5, 0.6) is 5.75 Å². The van der Waals surface area contributed by atoms with E-state index < -0.39 is 0 Å². The van der Waals surface area contributed by atoms with Gasteiger partial charge in [0.25, 0.3) is 0 Å². The van der Waals surface area contributed by atoms with Gasteiger partial charge in [0.2, 0.25) is 0 Å². The Balaban J connectivity index is 2.30. The second-order valence-electron chi connectivity index (χ2n) is 5.58. The number of benzene rings is 2. The van der Waals surface area contributed by atoms with Gasteiger partial charge in [-0.2, -0.15) is 0 Å². The average molecular weight is 265 g/mol. The summed E-state index contributed by atoms with van der Waals surface area (Å²) in [4.78, 5) is 3.54. The number of rotatable bonds is 1. The molecular formula is C18H19NO. The van der Waals surface area contributed by atoms with Crippen molar-refractivity contribution < 1.29 is 5.11 Å². The van der Waals surface area contributed by atoms with E-state index in [1.165, 1.54) is 22.0 Å². The maximum atomic E-state index is 9.92. The Morgan fingerprint density at radius 1 is 0.900 bits per heavy atom. The summed E-state index contributed by atoms with van der Waals surface area (Å²) in [5.41, 5.74) is 7.80. The zero-order chi connectivity index (χ0) is 14.4. The summed E-state index contributed by atoms with van der Waals surface area (Å²) in [5.74, 6) is 0.388. The minimum atomic E-state index is 0.388. The summed E-state index contributed by atoms with van der Waals surface area (Å²) < 4.78 is 0. The van der Waals surface area contributed by atoms with Gasteiger partial charge in [-0.25, -0.2) is 0 Å². The Morgan fingerprint density at radius 2 is 1.55 bits per heavy atom. The molecule has 2 heteroatoms. The van der Waals surface area contributed by atoms with Gasteiger partial charge >= 0.3 is 0 Å². The Kier molecular flexibility index (Phi) is 2.82. The van der Waals surface area contributed by atoms with Gasteiger partial charge in [-0.3, -0.25) is 0 Å². The van der Waals surface area contributed by atoms with E-state index >= 15 is 0 Å². The number of hydrogen-bond donors (Lipinski definition) is 2. The van der Waals surface area contributed by atoms with Crippen molar-refractivity contribution in [2.24, 2.45) is 0 Å². The highest BCUT2D eigenvalue weighted by molar-refractivity contribution is 5.92. The molecule has 0 bridgehead atoms. The van der Waals surface area contributed by atoms with Gasteiger partial charge in [0.15, 0.2) is 0 Å². The molecule has 0 aliphatic rings. The van der Waals surface area contributed by atoms with E-state index in [0.717, 1.165) is 22.4 Å². The van der Waals surface area contributed by atoms with Crippen molar-refractivity contribution in [1.82, 2.24) is 4.98 Å². The molecule has 2 N–H and O–H groups in total. The highest BCUT2D eigenvalue weighted by Crippen LogP contribution is 2.34. The second-order valence-corrected chi connectivity index (χ2v) is 5.58. The van der Waals surface area contributed by atoms with E-state index in [2.05, 4.69) is 37.0 Å². The summed E-state index contributed by atoms with van der Waals surface area (Å²) in [6.07, 6.45) is 0. The number of phenolic OH excluding ortho intramolecular Hbond substituents is 1. The fourth-order valence-corrected chi connectivity index (χ4v) is 2.89. The van der Waals surface area contributed by atoms with Crippen LogP contribution in [-0.4, -0.2) is 10.1 Å². The predicted molar refractivity (Wildman–Crippen MR) is 84.3 cm³/mol. The van der Waals surface area contributed by atoms with Crippen LogP contribution in [0.25, 0.3) is 22.2 Å². The number of fused-ring (bicyclic) bond motifs is 1. The molecule has 0 atom stereocenters. The molecule has 20 heavy (non-hydrogen) atoms. The van der Waals surface area contributed by atoms with Crippen molar-refractivity contribution in [2.45, 2.75) is 27.7 Å². The third kappa shape index (κ3) is 1.80. The van der Waals surface area contributed by atoms with E-state index in [9.17, 15) is 5.11 Å². The Morgan fingerprint density at radius 3 is 2.15 bits per heavy atom. The fraction of sp³-hybridized carbons (Fsp3) is 0.222. The number of hydrogen-bond acceptors (Lipinski definition) is 1. The molecule has 0 aliphatic carbocycles. The van der Waals surface area contributed by atoms with Crippen LogP contribution in [-0.2, 0) is 0 Å². The molecule has 1 aromatic heterocycles. The van der Waals surface area contributed by atoms with Crippen LogP contribution in [0, 0.1) is 27.7 Å². The molecule has 0 unspecified atom stereocenters. The monoisotopic (exact) mass is 265 g/mol. The molecule has 2 nitrogen and oxygen atoms in total. The number of H-pyrrole nitrogens is 1. The van der Waals surface area contributed by atoms with Gasteiger partial charge < -0.3 is 10.1 Å². The zero-order valence-corrected chi connectivity index (χ0v) is 12.3. The normalized spacial score (nSPS) is 11.2. The number of phenols is 1. The first-order valence-electron chi connectivity index (χ1n) is 6.87. The van der Waals surface area contributed by atoms with Crippen molar-refractivity contribution in [3.63, 3.8) is 0 Å². The van der Waals surface area contributed by atoms with Crippen molar-refractivity contribution in [3.8, 4) is 17.0 Å². The molecule has 2 aromatic carbocycles. The van der Waals surface area contributed by atoms with Crippen LogP contribution >= 0.6 is 0 Å². The molecule has 0 spiro atoms. The lowest BCUT2D eigenvalue weighted by Gasteiger charge is -2.07. The lowest BCUT2D eigenvalue weighted by atomic mass is 10.0. The number of aromatic nitrogens is 1. The van der Waals surface area contributed by atoms with Crippen LogP contribution < -0.4 is 0 Å². The van der Waals surface area contributed by atoms with Crippen LogP contribution in [0.3, 0.4) is 0 Å². The Hall–Kier alpha value is -2.22. The highest BCUT2D eigenvalue weighted by atomic mass is 16.3. The van der Waals surface area contributed by atoms with Crippen LogP contribution in [0.4, 0.5) is 0 Å². The van der Waals surface area contributed by atoms with Crippen molar-refractivity contribution >= 4 is 10.9 Å². The van der Waals surface area contributed by atoms with Crippen molar-refractivity contribution in [2.75, 3.05) is 0 Å². The number of nitrogens with one attached hydrogen (secondary N) is 1. The van der Waals surface area contributed by atoms with Crippen LogP contribution in [0.1, 0.15) is 22.3 Å². The van der Waals surface area contributed by atoms with E-state index in [0.29, 0.717) is 5.75 Å². The lowest BCUT2D eigenvalue weighted by molar-refractivity contribution is 0.467. The number of aryl methyl sites for hydroxylation is 4. The number of aromatic hydroxyl groups is 1. The van der Waals surface area contributed by atoms with Crippen LogP contribution in [0.15, 0.2) is 30.3 Å². The summed E-state index contributed by atoms with van der Waals surface area (Å²) >= 11 is 0. The largest absolute Gasteiger partial charge is 0.507 e. The highest BCUT2D eigenvalue weighted by Gasteiger charge is 2.12. The topological polar surface area (TPSA) is 36.0 Å². The van der Waals surface area contributed by atoms with E-state index in [4.69, 9.17) is 0 Å². The summed E-state index contributed by atoms with van der Waals surface area (Å²) in [6, 6.07) is 10.4. The molecular weight excluding hydrogens is 246 g/mol. The Bertz CT molecular complexity index is 789. The summed E-state index contributed by atoms with van der Waals surface area (Å²) in [6.45, 7) is 8.14. The standard InChI is InChI=1S/C18H19NO/c1-10-6-5-7-15-13(4)17(19-16(10)15)14-8-11(2)18(20)12(3)9-14/h5-9,19-20H,1-4H3. The minimum Gasteiger partial charge on any atom is -0.507 e. The Labute approximate surface area is 119 Å². The van der Waals surface area contributed by atoms with Crippen LogP contribution in [0.2, 0.25) is 0 Å². The molecule has 0 saturated heterocycles. The summed E-state index contributed by atoms with van der Waals surface area (Å²) in [7, 11) is 0. The fourth-order valence-electron chi connectivity index (χ4n) is 2.89. The molecule has 102 valence electrons. The third-order valence-corrected chi connectivity index (χ3v) is 4.08. The molecule has 3 aromatic rings. The van der Waals surface area contributed by atoms with Gasteiger partial charge in [0.05, 0.1) is 0 Å². The lowest BCUT2D eigenvalue weighted by Crippen LogP contribution is -1.86. The molecule has 1 heterocycles. The smallest absolute Gasteiger partial charge is 0.121 e. The van der Waals surface area contributed by atoms with Gasteiger partial charge in [0.1, 0.15) is 5.75 Å². The van der Waals surface area contributed by atoms with Gasteiger partial charge in [-0.1, -0.05) is 18.2 Å². The van der Waals surface area contributed by atoms with E-state index in [-0.39, 0.29) is 0 Å². The SMILES string of the molecule is Cc1cc(-c2[nH]c3c(C)cccc3c2C)cc(C)c1O. The molecule has 0 amide bonds. The van der Waals surface area contributed by atoms with Gasteiger partial charge in [-0.15, -0.1) is 0 Å². The molecule has 0 fully saturated rings. The maximum Gasteiger partial charge on any atom is 0.121 e. The quantitative estimate of drug-likeness (QED) is 0.653. The molecule has 0 aliphatic heterocycles. The maximum absolute atomic E-state index is 9.92. The molecule has 0 saturated carbocycles. The van der Waals surface area contributed by atoms with Gasteiger partial charge in [0, 0.05) is 16.6 Å². The zero-order valence-electron chi connectivity index (χ0n) is 12.3. The second kappa shape index (κ2) is 4.41. The van der Waals surface area contributed by atoms with E-state index in [1.807, 2.05) is 26.0 Å². The van der Waals surface area contributed by atoms with Crippen molar-refractivity contribution in [1.29, 1.82) is 0 Å². The number of aromatic amines is 1. The number of para-hydroxylation sites is 1. The summed E-state index contributed by atoms with van der Waals surface area (Å²) in [5, 5.41) is 11.2. The predicted octanol–water partition coefficient (Wildman–Crippen LogP) is 4.77. The van der Waals surface area contributed by atoms with Crippen molar-refractivity contribution in [3.05, 3.63) is 52.6 Å². The first-order valence-corrected chi connectivity index (χ1v) is 6.87. The van der Waals surface area contributed by atoms with E-state index in [1.54, 1.807) is 0 Å². The van der Waals surface area contributed by atoms with Gasteiger partial charge in [-0.05, 0) is 67.6 Å². The third-order valence-electron chi connectivity index (χ3n) is 4.08. The minimum absolute atomic E-state index is 0.388. The average Bonchev–Trinajstić information content (AvgIpc) is 2.75. The first kappa shape index (κ1) is 12.8. The molecule has 0 radical (unpaired) electrons. The first-order chi connectivity index (χ1) is 9.49. The molecule has 3 rings (SSSR count).